The number of hydrogen-bond acceptors (Lipinski definition) is 7. The van der Waals surface area contributed by atoms with Gasteiger partial charge in [-0.05, 0) is 31.5 Å². The second kappa shape index (κ2) is 11.8. The summed E-state index contributed by atoms with van der Waals surface area (Å²) < 4.78 is 10.3. The molecule has 0 radical (unpaired) electrons. The maximum Gasteiger partial charge on any atom is 0.341 e. The third-order valence-electron chi connectivity index (χ3n) is 4.70. The van der Waals surface area contributed by atoms with Gasteiger partial charge >= 0.3 is 11.9 Å². The van der Waals surface area contributed by atoms with Gasteiger partial charge in [0, 0.05) is 16.5 Å². The molecule has 0 aliphatic rings. The highest BCUT2D eigenvalue weighted by Gasteiger charge is 2.25. The molecule has 176 valence electrons. The lowest BCUT2D eigenvalue weighted by atomic mass is 10.0. The number of rotatable bonds is 9. The Balaban J connectivity index is 1.64. The Bertz CT molecular complexity index is 1160. The fourth-order valence-electron chi connectivity index (χ4n) is 3.04. The topological polar surface area (TPSA) is 111 Å². The highest BCUT2D eigenvalue weighted by molar-refractivity contribution is 7.15. The van der Waals surface area contributed by atoms with Crippen LogP contribution in [-0.2, 0) is 19.1 Å². The third kappa shape index (κ3) is 6.29. The van der Waals surface area contributed by atoms with E-state index in [2.05, 4.69) is 10.6 Å². The lowest BCUT2D eigenvalue weighted by Crippen LogP contribution is -2.35. The van der Waals surface area contributed by atoms with E-state index in [4.69, 9.17) is 9.47 Å². The van der Waals surface area contributed by atoms with Crippen molar-refractivity contribution in [2.24, 2.45) is 0 Å². The molecule has 1 aromatic heterocycles. The van der Waals surface area contributed by atoms with Gasteiger partial charge in [-0.15, -0.1) is 11.3 Å². The van der Waals surface area contributed by atoms with Crippen LogP contribution in [0.2, 0.25) is 0 Å². The molecule has 2 N–H and O–H groups in total. The van der Waals surface area contributed by atoms with Crippen LogP contribution in [0, 0.1) is 0 Å². The highest BCUT2D eigenvalue weighted by atomic mass is 32.1. The Hall–Kier alpha value is -3.98. The standard InChI is InChI=1S/C25H24N2O6S/c1-3-32-25(31)21-19(17-10-6-4-7-11-17)15-34-24(21)27-22(29)16(2)33-20(28)14-26-23(30)18-12-8-5-9-13-18/h4-13,15-16H,3,14H2,1-2H3,(H,26,30)(H,27,29). The van der Waals surface area contributed by atoms with E-state index in [1.54, 1.807) is 42.6 Å². The maximum absolute atomic E-state index is 12.7. The molecule has 3 rings (SSSR count). The molecule has 34 heavy (non-hydrogen) atoms. The van der Waals surface area contributed by atoms with Gasteiger partial charge in [-0.2, -0.15) is 0 Å². The molecule has 0 spiro atoms. The summed E-state index contributed by atoms with van der Waals surface area (Å²) in [7, 11) is 0. The highest BCUT2D eigenvalue weighted by Crippen LogP contribution is 2.36. The van der Waals surface area contributed by atoms with Gasteiger partial charge < -0.3 is 20.1 Å². The number of hydrogen-bond donors (Lipinski definition) is 2. The minimum atomic E-state index is -1.15. The number of nitrogens with one attached hydrogen (secondary N) is 2. The van der Waals surface area contributed by atoms with Crippen molar-refractivity contribution in [3.63, 3.8) is 0 Å². The summed E-state index contributed by atoms with van der Waals surface area (Å²) >= 11 is 1.17. The molecule has 9 heteroatoms. The van der Waals surface area contributed by atoms with Crippen LogP contribution in [0.5, 0.6) is 0 Å². The smallest absolute Gasteiger partial charge is 0.341 e. The molecule has 0 saturated heterocycles. The Morgan fingerprint density at radius 1 is 0.971 bits per heavy atom. The molecule has 2 aromatic carbocycles. The second-order valence-electron chi connectivity index (χ2n) is 7.11. The number of ether oxygens (including phenoxy) is 2. The van der Waals surface area contributed by atoms with Crippen molar-refractivity contribution >= 4 is 40.1 Å². The van der Waals surface area contributed by atoms with Crippen LogP contribution in [-0.4, -0.2) is 43.0 Å². The number of carbonyl (C=O) groups excluding carboxylic acids is 4. The van der Waals surface area contributed by atoms with Crippen molar-refractivity contribution in [1.82, 2.24) is 5.32 Å². The predicted octanol–water partition coefficient (Wildman–Crippen LogP) is 3.89. The van der Waals surface area contributed by atoms with Gasteiger partial charge in [0.2, 0.25) is 0 Å². The van der Waals surface area contributed by atoms with Crippen LogP contribution in [0.1, 0.15) is 34.6 Å². The first-order valence-corrected chi connectivity index (χ1v) is 11.5. The second-order valence-corrected chi connectivity index (χ2v) is 7.99. The quantitative estimate of drug-likeness (QED) is 0.450. The van der Waals surface area contributed by atoms with Gasteiger partial charge in [0.1, 0.15) is 17.1 Å². The van der Waals surface area contributed by atoms with Gasteiger partial charge in [-0.25, -0.2) is 4.79 Å². The largest absolute Gasteiger partial charge is 0.462 e. The van der Waals surface area contributed by atoms with Crippen molar-refractivity contribution in [2.75, 3.05) is 18.5 Å². The summed E-state index contributed by atoms with van der Waals surface area (Å²) in [5, 5.41) is 7.15. The summed E-state index contributed by atoms with van der Waals surface area (Å²) in [6, 6.07) is 17.7. The lowest BCUT2D eigenvalue weighted by Gasteiger charge is -2.14. The zero-order valence-corrected chi connectivity index (χ0v) is 19.5. The number of benzene rings is 2. The van der Waals surface area contributed by atoms with E-state index in [1.807, 2.05) is 30.3 Å². The molecule has 8 nitrogen and oxygen atoms in total. The third-order valence-corrected chi connectivity index (χ3v) is 5.59. The average molecular weight is 481 g/mol. The van der Waals surface area contributed by atoms with Crippen LogP contribution < -0.4 is 10.6 Å². The van der Waals surface area contributed by atoms with Crippen LogP contribution in [0.3, 0.4) is 0 Å². The van der Waals surface area contributed by atoms with E-state index in [1.165, 1.54) is 18.3 Å². The van der Waals surface area contributed by atoms with E-state index in [9.17, 15) is 19.2 Å². The van der Waals surface area contributed by atoms with Crippen LogP contribution in [0.4, 0.5) is 5.00 Å². The van der Waals surface area contributed by atoms with Crippen molar-refractivity contribution < 1.29 is 28.7 Å². The summed E-state index contributed by atoms with van der Waals surface area (Å²) in [5.74, 6) is -2.38. The molecule has 1 heterocycles. The minimum absolute atomic E-state index is 0.180. The van der Waals surface area contributed by atoms with Gasteiger partial charge in [0.05, 0.1) is 6.61 Å². The van der Waals surface area contributed by atoms with E-state index in [0.717, 1.165) is 5.56 Å². The van der Waals surface area contributed by atoms with Gasteiger partial charge in [0.25, 0.3) is 11.8 Å². The number of amides is 2. The normalized spacial score (nSPS) is 11.2. The maximum atomic E-state index is 12.7. The molecule has 3 aromatic rings. The number of thiophene rings is 1. The number of anilines is 1. The first-order chi connectivity index (χ1) is 16.4. The van der Waals surface area contributed by atoms with Gasteiger partial charge in [-0.3, -0.25) is 14.4 Å². The summed E-state index contributed by atoms with van der Waals surface area (Å²) in [5.41, 5.74) is 2.07. The van der Waals surface area contributed by atoms with E-state index < -0.39 is 36.4 Å². The molecule has 2 amide bonds. The molecule has 1 atom stereocenters. The number of esters is 2. The molecule has 0 bridgehead atoms. The fourth-order valence-corrected chi connectivity index (χ4v) is 4.00. The van der Waals surface area contributed by atoms with Crippen LogP contribution in [0.25, 0.3) is 11.1 Å². The summed E-state index contributed by atoms with van der Waals surface area (Å²) in [4.78, 5) is 49.4. The van der Waals surface area contributed by atoms with Crippen LogP contribution in [0.15, 0.2) is 66.0 Å². The number of carbonyl (C=O) groups is 4. The predicted molar refractivity (Wildman–Crippen MR) is 129 cm³/mol. The zero-order chi connectivity index (χ0) is 24.5. The van der Waals surface area contributed by atoms with Gasteiger partial charge in [-0.1, -0.05) is 48.5 Å². The molecular formula is C25H24N2O6S. The lowest BCUT2D eigenvalue weighted by molar-refractivity contribution is -0.152. The molecular weight excluding hydrogens is 456 g/mol. The first-order valence-electron chi connectivity index (χ1n) is 10.6. The van der Waals surface area contributed by atoms with Crippen molar-refractivity contribution in [2.45, 2.75) is 20.0 Å². The van der Waals surface area contributed by atoms with E-state index in [-0.39, 0.29) is 12.2 Å². The molecule has 0 saturated carbocycles. The molecule has 0 aliphatic heterocycles. The van der Waals surface area contributed by atoms with E-state index >= 15 is 0 Å². The van der Waals surface area contributed by atoms with Crippen molar-refractivity contribution in [3.8, 4) is 11.1 Å². The minimum Gasteiger partial charge on any atom is -0.462 e. The first kappa shape index (κ1) is 24.7. The zero-order valence-electron chi connectivity index (χ0n) is 18.7. The average Bonchev–Trinajstić information content (AvgIpc) is 3.27. The monoisotopic (exact) mass is 480 g/mol. The molecule has 1 unspecified atom stereocenters. The molecule has 0 aliphatic carbocycles. The van der Waals surface area contributed by atoms with Crippen LogP contribution >= 0.6 is 11.3 Å². The molecule has 0 fully saturated rings. The fraction of sp³-hybridized carbons (Fsp3) is 0.200. The Morgan fingerprint density at radius 2 is 1.62 bits per heavy atom. The van der Waals surface area contributed by atoms with Gasteiger partial charge in [0.15, 0.2) is 6.10 Å². The summed E-state index contributed by atoms with van der Waals surface area (Å²) in [6.45, 7) is 2.89. The van der Waals surface area contributed by atoms with E-state index in [0.29, 0.717) is 16.1 Å². The summed E-state index contributed by atoms with van der Waals surface area (Å²) in [6.07, 6.45) is -1.15. The Labute approximate surface area is 200 Å². The van der Waals surface area contributed by atoms with Crippen molar-refractivity contribution in [3.05, 3.63) is 77.2 Å². The Kier molecular flexibility index (Phi) is 8.53. The van der Waals surface area contributed by atoms with Crippen molar-refractivity contribution in [1.29, 1.82) is 0 Å². The Morgan fingerprint density at radius 3 is 2.26 bits per heavy atom. The SMILES string of the molecule is CCOC(=O)c1c(-c2ccccc2)csc1NC(=O)C(C)OC(=O)CNC(=O)c1ccccc1.